The molecule has 224 valence electrons. The number of carbonyl (C=O) groups excluding carboxylic acids is 2. The molecule has 5 aliphatic rings. The second kappa shape index (κ2) is 11.1. The lowest BCUT2D eigenvalue weighted by molar-refractivity contribution is -0.142. The quantitative estimate of drug-likeness (QED) is 0.314. The first-order valence-corrected chi connectivity index (χ1v) is 16.4. The molecule has 0 bridgehead atoms. The Hall–Kier alpha value is -2.30. The fourth-order valence-corrected chi connectivity index (χ4v) is 10.4. The molecule has 6 rings (SSSR count). The smallest absolute Gasteiger partial charge is 0.338 e. The fraction of sp³-hybridized carbons (Fsp3) is 0.722. The Morgan fingerprint density at radius 2 is 1.76 bits per heavy atom. The van der Waals surface area contributed by atoms with E-state index in [-0.39, 0.29) is 18.0 Å². The van der Waals surface area contributed by atoms with Gasteiger partial charge in [-0.2, -0.15) is 0 Å². The standard InChI is InChI=1S/C36H50O5/c1-22(21-39-24(3)37)11-14-31-23(2)33-32(41-31)20-30-28-13-12-26-19-27(40-34(38)25-9-7-6-8-10-25)15-17-35(26,4)29(28)16-18-36(30,33)5/h6-10,22,26-30,32-33H,11-21H2,1-5H3/t22-,26+,27+,28-,29+,30-,32+,33-,35+,36+/m1/s1. The van der Waals surface area contributed by atoms with Gasteiger partial charge in [-0.25, -0.2) is 4.79 Å². The van der Waals surface area contributed by atoms with Gasteiger partial charge in [-0.3, -0.25) is 4.79 Å². The van der Waals surface area contributed by atoms with Gasteiger partial charge in [0, 0.05) is 19.3 Å². The minimum Gasteiger partial charge on any atom is -0.494 e. The highest BCUT2D eigenvalue weighted by Crippen LogP contribution is 2.69. The number of esters is 2. The molecule has 41 heavy (non-hydrogen) atoms. The van der Waals surface area contributed by atoms with Crippen LogP contribution in [0.3, 0.4) is 0 Å². The summed E-state index contributed by atoms with van der Waals surface area (Å²) in [4.78, 5) is 23.9. The highest BCUT2D eigenvalue weighted by molar-refractivity contribution is 5.89. The SMILES string of the molecule is CC(=O)OC[C@H](C)CCC1=C(C)[C@@H]2[C@H](C[C@@H]3[C@@H]4CC[C@H]5C[C@@H](OC(=O)c6ccccc6)CC[C@]5(C)[C@H]4CC[C@@]32C)O1. The first kappa shape index (κ1) is 28.8. The Morgan fingerprint density at radius 1 is 1.00 bits per heavy atom. The molecule has 0 amide bonds. The molecule has 4 saturated carbocycles. The van der Waals surface area contributed by atoms with Crippen molar-refractivity contribution in [3.8, 4) is 0 Å². The summed E-state index contributed by atoms with van der Waals surface area (Å²) in [5.74, 6) is 4.69. The third kappa shape index (κ3) is 5.14. The molecule has 0 saturated heterocycles. The van der Waals surface area contributed by atoms with E-state index in [0.717, 1.165) is 43.4 Å². The lowest BCUT2D eigenvalue weighted by Gasteiger charge is -2.61. The Labute approximate surface area is 246 Å². The van der Waals surface area contributed by atoms with Crippen molar-refractivity contribution in [2.75, 3.05) is 6.61 Å². The molecular formula is C36H50O5. The highest BCUT2D eigenvalue weighted by atomic mass is 16.5. The predicted molar refractivity (Wildman–Crippen MR) is 159 cm³/mol. The van der Waals surface area contributed by atoms with Gasteiger partial charge in [-0.1, -0.05) is 39.0 Å². The molecule has 0 unspecified atom stereocenters. The summed E-state index contributed by atoms with van der Waals surface area (Å²) in [6.45, 7) is 11.6. The number of fused-ring (bicyclic) bond motifs is 7. The molecule has 0 radical (unpaired) electrons. The summed E-state index contributed by atoms with van der Waals surface area (Å²) in [7, 11) is 0. The summed E-state index contributed by atoms with van der Waals surface area (Å²) in [5.41, 5.74) is 2.84. The third-order valence-corrected chi connectivity index (χ3v) is 12.5. The minimum absolute atomic E-state index is 0.0494. The van der Waals surface area contributed by atoms with Crippen molar-refractivity contribution >= 4 is 11.9 Å². The zero-order valence-electron chi connectivity index (χ0n) is 25.8. The van der Waals surface area contributed by atoms with Crippen molar-refractivity contribution in [2.24, 2.45) is 46.3 Å². The van der Waals surface area contributed by atoms with Crippen molar-refractivity contribution in [3.05, 3.63) is 47.2 Å². The normalized spacial score (nSPS) is 40.0. The van der Waals surface area contributed by atoms with Crippen LogP contribution in [-0.4, -0.2) is 30.8 Å². The van der Waals surface area contributed by atoms with E-state index < -0.39 is 0 Å². The van der Waals surface area contributed by atoms with Gasteiger partial charge in [0.15, 0.2) is 0 Å². The van der Waals surface area contributed by atoms with Gasteiger partial charge in [-0.15, -0.1) is 0 Å². The lowest BCUT2D eigenvalue weighted by atomic mass is 9.44. The van der Waals surface area contributed by atoms with Gasteiger partial charge in [-0.05, 0) is 123 Å². The number of allylic oxidation sites excluding steroid dienone is 1. The van der Waals surface area contributed by atoms with Crippen LogP contribution in [0.1, 0.15) is 109 Å². The van der Waals surface area contributed by atoms with Crippen LogP contribution in [0.2, 0.25) is 0 Å². The Kier molecular flexibility index (Phi) is 7.78. The summed E-state index contributed by atoms with van der Waals surface area (Å²) in [5, 5.41) is 0. The Morgan fingerprint density at radius 3 is 2.51 bits per heavy atom. The van der Waals surface area contributed by atoms with Crippen molar-refractivity contribution in [1.29, 1.82) is 0 Å². The number of rotatable bonds is 7. The number of carbonyl (C=O) groups is 2. The molecule has 0 spiro atoms. The molecule has 4 fully saturated rings. The van der Waals surface area contributed by atoms with Crippen molar-refractivity contribution < 1.29 is 23.8 Å². The second-order valence-electron chi connectivity index (χ2n) is 14.8. The monoisotopic (exact) mass is 562 g/mol. The van der Waals surface area contributed by atoms with E-state index in [1.807, 2.05) is 30.3 Å². The van der Waals surface area contributed by atoms with E-state index >= 15 is 0 Å². The van der Waals surface area contributed by atoms with Crippen LogP contribution in [0.15, 0.2) is 41.7 Å². The zero-order chi connectivity index (χ0) is 28.9. The van der Waals surface area contributed by atoms with Gasteiger partial charge < -0.3 is 14.2 Å². The largest absolute Gasteiger partial charge is 0.494 e. The average molecular weight is 563 g/mol. The average Bonchev–Trinajstić information content (AvgIpc) is 3.44. The van der Waals surface area contributed by atoms with Crippen LogP contribution < -0.4 is 0 Å². The predicted octanol–water partition coefficient (Wildman–Crippen LogP) is 8.13. The topological polar surface area (TPSA) is 61.8 Å². The van der Waals surface area contributed by atoms with Crippen LogP contribution in [0.4, 0.5) is 0 Å². The van der Waals surface area contributed by atoms with E-state index in [4.69, 9.17) is 14.2 Å². The summed E-state index contributed by atoms with van der Waals surface area (Å²) >= 11 is 0. The molecule has 10 atom stereocenters. The van der Waals surface area contributed by atoms with Gasteiger partial charge >= 0.3 is 11.9 Å². The van der Waals surface area contributed by atoms with Gasteiger partial charge in [0.05, 0.1) is 17.9 Å². The van der Waals surface area contributed by atoms with Gasteiger partial charge in [0.25, 0.3) is 0 Å². The van der Waals surface area contributed by atoms with E-state index in [9.17, 15) is 9.59 Å². The van der Waals surface area contributed by atoms with Crippen molar-refractivity contribution in [1.82, 2.24) is 0 Å². The van der Waals surface area contributed by atoms with E-state index in [1.165, 1.54) is 56.8 Å². The first-order chi connectivity index (χ1) is 19.6. The molecule has 1 aromatic rings. The molecule has 5 heteroatoms. The molecule has 4 aliphatic carbocycles. The summed E-state index contributed by atoms with van der Waals surface area (Å²) in [6.07, 6.45) is 11.9. The fourth-order valence-electron chi connectivity index (χ4n) is 10.4. The van der Waals surface area contributed by atoms with Gasteiger partial charge in [0.1, 0.15) is 12.2 Å². The molecule has 1 aliphatic heterocycles. The van der Waals surface area contributed by atoms with E-state index in [2.05, 4.69) is 27.7 Å². The first-order valence-electron chi connectivity index (χ1n) is 16.4. The maximum Gasteiger partial charge on any atom is 0.338 e. The maximum absolute atomic E-state index is 12.8. The molecule has 0 N–H and O–H groups in total. The van der Waals surface area contributed by atoms with Crippen molar-refractivity contribution in [3.63, 3.8) is 0 Å². The summed E-state index contributed by atoms with van der Waals surface area (Å²) in [6, 6.07) is 9.45. The van der Waals surface area contributed by atoms with E-state index in [1.54, 1.807) is 0 Å². The molecule has 1 heterocycles. The van der Waals surface area contributed by atoms with Crippen LogP contribution in [0.5, 0.6) is 0 Å². The minimum atomic E-state index is -0.198. The van der Waals surface area contributed by atoms with Crippen LogP contribution >= 0.6 is 0 Å². The molecule has 5 nitrogen and oxygen atoms in total. The van der Waals surface area contributed by atoms with E-state index in [0.29, 0.717) is 46.9 Å². The third-order valence-electron chi connectivity index (χ3n) is 12.5. The maximum atomic E-state index is 12.8. The molecule has 1 aromatic carbocycles. The number of hydrogen-bond acceptors (Lipinski definition) is 5. The number of hydrogen-bond donors (Lipinski definition) is 0. The highest BCUT2D eigenvalue weighted by Gasteiger charge is 2.64. The van der Waals surface area contributed by atoms with Gasteiger partial charge in [0.2, 0.25) is 0 Å². The number of benzene rings is 1. The lowest BCUT2D eigenvalue weighted by Crippen LogP contribution is -2.54. The Balaban J connectivity index is 1.10. The molecule has 0 aromatic heterocycles. The van der Waals surface area contributed by atoms with Crippen LogP contribution in [0.25, 0.3) is 0 Å². The molecular weight excluding hydrogens is 512 g/mol. The van der Waals surface area contributed by atoms with Crippen LogP contribution in [-0.2, 0) is 19.0 Å². The Bertz CT molecular complexity index is 1170. The van der Waals surface area contributed by atoms with Crippen LogP contribution in [0, 0.1) is 46.3 Å². The van der Waals surface area contributed by atoms with Crippen molar-refractivity contribution in [2.45, 2.75) is 111 Å². The number of ether oxygens (including phenoxy) is 3. The second-order valence-corrected chi connectivity index (χ2v) is 14.8. The zero-order valence-corrected chi connectivity index (χ0v) is 25.8. The summed E-state index contributed by atoms with van der Waals surface area (Å²) < 4.78 is 18.0.